The lowest BCUT2D eigenvalue weighted by molar-refractivity contribution is 0.0955. The minimum Gasteiger partial charge on any atom is -0.318 e. The average molecular weight is 380 g/mol. The molecule has 5 heteroatoms. The van der Waals surface area contributed by atoms with Crippen LogP contribution in [0.2, 0.25) is 5.02 Å². The van der Waals surface area contributed by atoms with E-state index in [0.29, 0.717) is 10.6 Å². The van der Waals surface area contributed by atoms with E-state index in [0.717, 1.165) is 33.8 Å². The van der Waals surface area contributed by atoms with Crippen LogP contribution >= 0.6 is 11.6 Å². The largest absolute Gasteiger partial charge is 0.318 e. The number of hydrazone groups is 1. The predicted molar refractivity (Wildman–Crippen MR) is 111 cm³/mol. The van der Waals surface area contributed by atoms with Gasteiger partial charge in [-0.15, -0.1) is 0 Å². The number of rotatable bonds is 4. The van der Waals surface area contributed by atoms with E-state index in [1.807, 2.05) is 63.2 Å². The van der Waals surface area contributed by atoms with Gasteiger partial charge >= 0.3 is 0 Å². The maximum Gasteiger partial charge on any atom is 0.271 e. The van der Waals surface area contributed by atoms with Gasteiger partial charge in [-0.05, 0) is 63.6 Å². The van der Waals surface area contributed by atoms with E-state index in [2.05, 4.69) is 22.0 Å². The zero-order chi connectivity index (χ0) is 19.6. The van der Waals surface area contributed by atoms with E-state index < -0.39 is 0 Å². The van der Waals surface area contributed by atoms with Gasteiger partial charge in [0, 0.05) is 33.2 Å². The van der Waals surface area contributed by atoms with E-state index in [1.165, 1.54) is 0 Å². The van der Waals surface area contributed by atoms with Crippen LogP contribution in [0.1, 0.15) is 38.4 Å². The molecule has 0 saturated heterocycles. The van der Waals surface area contributed by atoms with Gasteiger partial charge in [0.2, 0.25) is 0 Å². The van der Waals surface area contributed by atoms with Crippen molar-refractivity contribution in [3.63, 3.8) is 0 Å². The van der Waals surface area contributed by atoms with E-state index >= 15 is 0 Å². The number of carbonyl (C=O) groups excluding carboxylic acids is 1. The third kappa shape index (κ3) is 4.12. The lowest BCUT2D eigenvalue weighted by Gasteiger charge is -2.13. The number of halogens is 1. The Kier molecular flexibility index (Phi) is 5.47. The van der Waals surface area contributed by atoms with Gasteiger partial charge in [-0.2, -0.15) is 5.10 Å². The summed E-state index contributed by atoms with van der Waals surface area (Å²) in [5.74, 6) is -0.227. The molecule has 1 amide bonds. The fourth-order valence-corrected chi connectivity index (χ4v) is 3.29. The van der Waals surface area contributed by atoms with Crippen LogP contribution in [0.3, 0.4) is 0 Å². The van der Waals surface area contributed by atoms with Gasteiger partial charge < -0.3 is 4.57 Å². The van der Waals surface area contributed by atoms with Crippen LogP contribution in [0.4, 0.5) is 0 Å². The minimum absolute atomic E-state index is 0.227. The molecule has 2 aromatic carbocycles. The number of amides is 1. The molecule has 0 saturated carbocycles. The molecule has 0 spiro atoms. The molecule has 0 aliphatic carbocycles. The van der Waals surface area contributed by atoms with Crippen molar-refractivity contribution in [2.45, 2.75) is 27.7 Å². The van der Waals surface area contributed by atoms with Crippen molar-refractivity contribution in [2.24, 2.45) is 5.10 Å². The number of nitrogens with one attached hydrogen (secondary N) is 1. The Hall–Kier alpha value is -2.85. The first kappa shape index (κ1) is 18.9. The third-order valence-corrected chi connectivity index (χ3v) is 4.77. The molecule has 27 heavy (non-hydrogen) atoms. The molecule has 1 N–H and O–H groups in total. The molecule has 0 atom stereocenters. The summed E-state index contributed by atoms with van der Waals surface area (Å²) in [6.45, 7) is 8.07. The molecule has 4 nitrogen and oxygen atoms in total. The summed E-state index contributed by atoms with van der Waals surface area (Å²) < 4.78 is 2.14. The molecule has 3 aromatic rings. The van der Waals surface area contributed by atoms with Crippen LogP contribution in [-0.4, -0.2) is 16.7 Å². The Morgan fingerprint density at radius 1 is 1.07 bits per heavy atom. The lowest BCUT2D eigenvalue weighted by atomic mass is 10.1. The predicted octanol–water partition coefficient (Wildman–Crippen LogP) is 5.13. The summed E-state index contributed by atoms with van der Waals surface area (Å²) in [6, 6.07) is 15.3. The lowest BCUT2D eigenvalue weighted by Crippen LogP contribution is -2.17. The van der Waals surface area contributed by atoms with Crippen molar-refractivity contribution in [1.82, 2.24) is 9.99 Å². The van der Waals surface area contributed by atoms with Crippen LogP contribution in [0.15, 0.2) is 53.6 Å². The van der Waals surface area contributed by atoms with Crippen LogP contribution in [0.5, 0.6) is 0 Å². The summed E-state index contributed by atoms with van der Waals surface area (Å²) >= 11 is 6.18. The zero-order valence-electron chi connectivity index (χ0n) is 15.9. The molecular weight excluding hydrogens is 358 g/mol. The maximum absolute atomic E-state index is 12.2. The second-order valence-electron chi connectivity index (χ2n) is 6.66. The molecule has 138 valence electrons. The molecule has 1 aromatic heterocycles. The van der Waals surface area contributed by atoms with Gasteiger partial charge in [-0.25, -0.2) is 5.43 Å². The van der Waals surface area contributed by atoms with Gasteiger partial charge in [-0.1, -0.05) is 35.4 Å². The quantitative estimate of drug-likeness (QED) is 0.495. The number of hydrogen-bond acceptors (Lipinski definition) is 2. The Balaban J connectivity index is 1.83. The van der Waals surface area contributed by atoms with E-state index in [-0.39, 0.29) is 5.91 Å². The highest BCUT2D eigenvalue weighted by atomic mass is 35.5. The molecule has 1 heterocycles. The van der Waals surface area contributed by atoms with Gasteiger partial charge in [-0.3, -0.25) is 4.79 Å². The number of hydrogen-bond donors (Lipinski definition) is 1. The number of aromatic nitrogens is 1. The molecule has 0 fully saturated rings. The minimum atomic E-state index is -0.227. The first-order chi connectivity index (χ1) is 12.9. The van der Waals surface area contributed by atoms with Crippen LogP contribution in [-0.2, 0) is 0 Å². The summed E-state index contributed by atoms with van der Waals surface area (Å²) in [7, 11) is 0. The molecule has 0 radical (unpaired) electrons. The highest BCUT2D eigenvalue weighted by Gasteiger charge is 2.12. The first-order valence-corrected chi connectivity index (χ1v) is 9.10. The first-order valence-electron chi connectivity index (χ1n) is 8.72. The fourth-order valence-electron chi connectivity index (χ4n) is 3.12. The number of carbonyl (C=O) groups is 1. The monoisotopic (exact) mass is 379 g/mol. The summed E-state index contributed by atoms with van der Waals surface area (Å²) in [5, 5.41) is 4.83. The van der Waals surface area contributed by atoms with Gasteiger partial charge in [0.05, 0.1) is 6.21 Å². The topological polar surface area (TPSA) is 46.4 Å². The van der Waals surface area contributed by atoms with Gasteiger partial charge in [0.15, 0.2) is 0 Å². The third-order valence-electron chi connectivity index (χ3n) is 4.53. The average Bonchev–Trinajstić information content (AvgIpc) is 2.91. The van der Waals surface area contributed by atoms with E-state index in [1.54, 1.807) is 12.3 Å². The molecular formula is C22H22ClN3O. The number of benzene rings is 2. The van der Waals surface area contributed by atoms with Crippen molar-refractivity contribution < 1.29 is 4.79 Å². The number of aryl methyl sites for hydroxylation is 3. The summed E-state index contributed by atoms with van der Waals surface area (Å²) in [5.41, 5.74) is 9.44. The molecule has 3 rings (SSSR count). The van der Waals surface area contributed by atoms with Crippen LogP contribution < -0.4 is 5.43 Å². The summed E-state index contributed by atoms with van der Waals surface area (Å²) in [4.78, 5) is 12.2. The highest BCUT2D eigenvalue weighted by molar-refractivity contribution is 6.30. The smallest absolute Gasteiger partial charge is 0.271 e. The standard InChI is InChI=1S/C22H22ClN3O/c1-14-6-5-7-18(10-14)22(27)25-24-13-19-11-16(3)26(17(19)4)21-12-20(23)9-8-15(21)2/h5-13H,1-4H3,(H,25,27)/b24-13-. The Morgan fingerprint density at radius 2 is 1.85 bits per heavy atom. The van der Waals surface area contributed by atoms with E-state index in [4.69, 9.17) is 11.6 Å². The van der Waals surface area contributed by atoms with Crippen molar-refractivity contribution >= 4 is 23.7 Å². The SMILES string of the molecule is Cc1cccc(C(=O)N/N=C\c2cc(C)n(-c3cc(Cl)ccc3C)c2C)c1. The molecule has 0 bridgehead atoms. The normalized spacial score (nSPS) is 11.1. The number of nitrogens with zero attached hydrogens (tertiary/aromatic N) is 2. The van der Waals surface area contributed by atoms with Gasteiger partial charge in [0.25, 0.3) is 5.91 Å². The maximum atomic E-state index is 12.2. The molecule has 0 unspecified atom stereocenters. The van der Waals surface area contributed by atoms with Crippen molar-refractivity contribution in [3.8, 4) is 5.69 Å². The Bertz CT molecular complexity index is 1030. The Labute approximate surface area is 164 Å². The van der Waals surface area contributed by atoms with Crippen molar-refractivity contribution in [2.75, 3.05) is 0 Å². The summed E-state index contributed by atoms with van der Waals surface area (Å²) in [6.07, 6.45) is 1.67. The van der Waals surface area contributed by atoms with E-state index in [9.17, 15) is 4.79 Å². The molecule has 0 aliphatic heterocycles. The van der Waals surface area contributed by atoms with Gasteiger partial charge in [0.1, 0.15) is 0 Å². The van der Waals surface area contributed by atoms with Crippen molar-refractivity contribution in [1.29, 1.82) is 0 Å². The highest BCUT2D eigenvalue weighted by Crippen LogP contribution is 2.25. The molecule has 0 aliphatic rings. The van der Waals surface area contributed by atoms with Crippen molar-refractivity contribution in [3.05, 3.63) is 87.2 Å². The second-order valence-corrected chi connectivity index (χ2v) is 7.10. The second kappa shape index (κ2) is 7.80. The van der Waals surface area contributed by atoms with Crippen LogP contribution in [0.25, 0.3) is 5.69 Å². The van der Waals surface area contributed by atoms with Crippen LogP contribution in [0, 0.1) is 27.7 Å². The fraction of sp³-hybridized carbons (Fsp3) is 0.182. The Morgan fingerprint density at radius 3 is 2.59 bits per heavy atom. The zero-order valence-corrected chi connectivity index (χ0v) is 16.6.